The zero-order chi connectivity index (χ0) is 17.5. The first-order valence-corrected chi connectivity index (χ1v) is 9.22. The number of hydrogen-bond donors (Lipinski definition) is 1. The molecule has 0 spiro atoms. The Morgan fingerprint density at radius 1 is 1.21 bits per heavy atom. The van der Waals surface area contributed by atoms with Crippen molar-refractivity contribution in [1.29, 1.82) is 0 Å². The predicted molar refractivity (Wildman–Crippen MR) is 93.3 cm³/mol. The van der Waals surface area contributed by atoms with Gasteiger partial charge in [-0.1, -0.05) is 42.5 Å². The second-order valence-corrected chi connectivity index (χ2v) is 7.78. The van der Waals surface area contributed by atoms with Crippen LogP contribution in [-0.2, 0) is 14.6 Å². The Kier molecular flexibility index (Phi) is 4.06. The van der Waals surface area contributed by atoms with Crippen LogP contribution in [0.4, 0.5) is 0 Å². The summed E-state index contributed by atoms with van der Waals surface area (Å²) in [5.41, 5.74) is -0.913. The third kappa shape index (κ3) is 2.76. The van der Waals surface area contributed by atoms with Gasteiger partial charge in [-0.15, -0.1) is 0 Å². The van der Waals surface area contributed by atoms with Gasteiger partial charge in [-0.25, -0.2) is 17.6 Å². The van der Waals surface area contributed by atoms with Crippen molar-refractivity contribution in [2.24, 2.45) is 4.99 Å². The van der Waals surface area contributed by atoms with E-state index in [1.54, 1.807) is 12.1 Å². The molecule has 1 aliphatic heterocycles. The van der Waals surface area contributed by atoms with E-state index in [-0.39, 0.29) is 11.3 Å². The van der Waals surface area contributed by atoms with Gasteiger partial charge in [0.2, 0.25) is 5.50 Å². The number of benzene rings is 2. The summed E-state index contributed by atoms with van der Waals surface area (Å²) in [6, 6.07) is 12.7. The highest BCUT2D eigenvalue weighted by atomic mass is 35.5. The number of carboxylic acids is 1. The molecule has 1 aliphatic rings. The van der Waals surface area contributed by atoms with E-state index < -0.39 is 21.3 Å². The Morgan fingerprint density at radius 3 is 2.54 bits per heavy atom. The molecule has 0 bridgehead atoms. The lowest BCUT2D eigenvalue weighted by Gasteiger charge is -2.29. The fourth-order valence-corrected chi connectivity index (χ4v) is 4.00. The third-order valence-electron chi connectivity index (χ3n) is 3.65. The van der Waals surface area contributed by atoms with Crippen molar-refractivity contribution in [1.82, 2.24) is 4.42 Å². The van der Waals surface area contributed by atoms with Crippen LogP contribution in [0.3, 0.4) is 0 Å². The minimum atomic E-state index is -3.65. The molecule has 124 valence electrons. The normalized spacial score (nSPS) is 18.2. The van der Waals surface area contributed by atoms with Crippen LogP contribution in [0.5, 0.6) is 0 Å². The van der Waals surface area contributed by atoms with Gasteiger partial charge < -0.3 is 5.11 Å². The summed E-state index contributed by atoms with van der Waals surface area (Å²) in [5, 5.41) is 11.1. The van der Waals surface area contributed by atoms with E-state index in [9.17, 15) is 18.3 Å². The summed E-state index contributed by atoms with van der Waals surface area (Å²) in [4.78, 5) is 15.4. The van der Waals surface area contributed by atoms with Gasteiger partial charge >= 0.3 is 5.97 Å². The number of carboxylic acid groups (broad SMARTS) is 1. The summed E-state index contributed by atoms with van der Waals surface area (Å²) in [6.07, 6.45) is 2.04. The number of sulfone groups is 1. The topological polar surface area (TPSA) is 87.0 Å². The summed E-state index contributed by atoms with van der Waals surface area (Å²) in [7, 11) is -3.65. The van der Waals surface area contributed by atoms with Crippen LogP contribution < -0.4 is 0 Å². The maximum absolute atomic E-state index is 11.9. The standard InChI is InChI=1S/C16H13ClN2O4S/c1-24(22,23)16-18-9-13(15(20)21)14(19(16)17)12-8-4-6-10-5-2-3-7-11(10)12/h2-9,16H,1H3,(H,20,21). The van der Waals surface area contributed by atoms with E-state index in [4.69, 9.17) is 11.8 Å². The quantitative estimate of drug-likeness (QED) is 0.845. The Hall–Kier alpha value is -2.38. The van der Waals surface area contributed by atoms with Gasteiger partial charge in [-0.05, 0) is 10.8 Å². The maximum Gasteiger partial charge on any atom is 0.339 e. The van der Waals surface area contributed by atoms with Crippen molar-refractivity contribution >= 4 is 50.3 Å². The highest BCUT2D eigenvalue weighted by Gasteiger charge is 2.35. The SMILES string of the molecule is CS(=O)(=O)C1N=CC(C(=O)O)=C(c2cccc3ccccc23)N1Cl. The molecule has 0 fully saturated rings. The van der Waals surface area contributed by atoms with E-state index >= 15 is 0 Å². The molecule has 0 aliphatic carbocycles. The number of rotatable bonds is 3. The molecular weight excluding hydrogens is 352 g/mol. The Bertz CT molecular complexity index is 993. The smallest absolute Gasteiger partial charge is 0.339 e. The van der Waals surface area contributed by atoms with Crippen molar-refractivity contribution in [3.05, 3.63) is 53.6 Å². The van der Waals surface area contributed by atoms with Crippen LogP contribution >= 0.6 is 11.8 Å². The molecule has 1 N–H and O–H groups in total. The van der Waals surface area contributed by atoms with Crippen LogP contribution in [0.15, 0.2) is 53.0 Å². The van der Waals surface area contributed by atoms with Crippen molar-refractivity contribution in [2.45, 2.75) is 5.50 Å². The molecule has 2 aromatic rings. The first kappa shape index (κ1) is 16.5. The van der Waals surface area contributed by atoms with E-state index in [2.05, 4.69) is 4.99 Å². The van der Waals surface area contributed by atoms with E-state index in [0.29, 0.717) is 5.56 Å². The Balaban J connectivity index is 2.31. The summed E-state index contributed by atoms with van der Waals surface area (Å²) < 4.78 is 24.7. The van der Waals surface area contributed by atoms with Crippen molar-refractivity contribution < 1.29 is 18.3 Å². The van der Waals surface area contributed by atoms with Crippen LogP contribution in [-0.4, -0.2) is 41.9 Å². The fourth-order valence-electron chi connectivity index (χ4n) is 2.61. The average molecular weight is 365 g/mol. The number of nitrogens with zero attached hydrogens (tertiary/aromatic N) is 2. The van der Waals surface area contributed by atoms with Gasteiger partial charge in [0.1, 0.15) is 5.57 Å². The van der Waals surface area contributed by atoms with Crippen molar-refractivity contribution in [3.63, 3.8) is 0 Å². The summed E-state index contributed by atoms with van der Waals surface area (Å²) in [6.45, 7) is 0. The minimum absolute atomic E-state index is 0.103. The molecule has 3 rings (SSSR count). The Morgan fingerprint density at radius 2 is 1.88 bits per heavy atom. The largest absolute Gasteiger partial charge is 0.478 e. The average Bonchev–Trinajstić information content (AvgIpc) is 2.53. The second-order valence-electron chi connectivity index (χ2n) is 5.34. The molecule has 1 atom stereocenters. The van der Waals surface area contributed by atoms with Gasteiger partial charge in [0.25, 0.3) is 0 Å². The first-order valence-electron chi connectivity index (χ1n) is 6.93. The van der Waals surface area contributed by atoms with Gasteiger partial charge in [0.15, 0.2) is 9.84 Å². The molecule has 0 radical (unpaired) electrons. The first-order chi connectivity index (χ1) is 11.3. The minimum Gasteiger partial charge on any atom is -0.478 e. The maximum atomic E-state index is 11.9. The van der Waals surface area contributed by atoms with E-state index in [1.165, 1.54) is 0 Å². The number of fused-ring (bicyclic) bond motifs is 1. The van der Waals surface area contributed by atoms with Crippen LogP contribution in [0, 0.1) is 0 Å². The monoisotopic (exact) mass is 364 g/mol. The van der Waals surface area contributed by atoms with Gasteiger partial charge in [0, 0.05) is 29.8 Å². The lowest BCUT2D eigenvalue weighted by Crippen LogP contribution is -2.36. The molecule has 0 aromatic heterocycles. The molecule has 6 nitrogen and oxygen atoms in total. The Labute approximate surface area is 143 Å². The number of carbonyl (C=O) groups is 1. The number of halogens is 1. The molecule has 0 amide bonds. The second kappa shape index (κ2) is 5.92. The van der Waals surface area contributed by atoms with E-state index in [0.717, 1.165) is 27.7 Å². The molecule has 8 heteroatoms. The van der Waals surface area contributed by atoms with Crippen molar-refractivity contribution in [3.8, 4) is 0 Å². The zero-order valence-corrected chi connectivity index (χ0v) is 14.1. The molecule has 24 heavy (non-hydrogen) atoms. The van der Waals surface area contributed by atoms with Gasteiger partial charge in [0.05, 0.1) is 5.70 Å². The molecule has 1 heterocycles. The highest BCUT2D eigenvalue weighted by Crippen LogP contribution is 2.35. The number of aliphatic carboxylic acids is 1. The molecule has 0 saturated carbocycles. The molecule has 2 aromatic carbocycles. The molecule has 1 unspecified atom stereocenters. The molecular formula is C16H13ClN2O4S. The van der Waals surface area contributed by atoms with Crippen LogP contribution in [0.25, 0.3) is 16.5 Å². The zero-order valence-electron chi connectivity index (χ0n) is 12.5. The predicted octanol–water partition coefficient (Wildman–Crippen LogP) is 2.50. The van der Waals surface area contributed by atoms with E-state index in [1.807, 2.05) is 30.3 Å². The lowest BCUT2D eigenvalue weighted by atomic mass is 9.99. The molecule has 0 saturated heterocycles. The van der Waals surface area contributed by atoms with Crippen LogP contribution in [0.2, 0.25) is 0 Å². The third-order valence-corrected chi connectivity index (χ3v) is 5.22. The number of aliphatic imine (C=N–C) groups is 1. The van der Waals surface area contributed by atoms with Gasteiger partial charge in [-0.2, -0.15) is 0 Å². The lowest BCUT2D eigenvalue weighted by molar-refractivity contribution is -0.132. The fraction of sp³-hybridized carbons (Fsp3) is 0.125. The number of hydrogen-bond acceptors (Lipinski definition) is 5. The summed E-state index contributed by atoms with van der Waals surface area (Å²) in [5.74, 6) is -1.24. The van der Waals surface area contributed by atoms with Gasteiger partial charge in [-0.3, -0.25) is 4.99 Å². The van der Waals surface area contributed by atoms with Crippen LogP contribution in [0.1, 0.15) is 5.56 Å². The van der Waals surface area contributed by atoms with Crippen molar-refractivity contribution in [2.75, 3.05) is 6.26 Å². The highest BCUT2D eigenvalue weighted by molar-refractivity contribution is 7.91. The summed E-state index contributed by atoms with van der Waals surface area (Å²) >= 11 is 6.23.